The molecule has 2 aromatic carbocycles. The average Bonchev–Trinajstić information content (AvgIpc) is 3.27. The maximum absolute atomic E-state index is 12.9. The van der Waals surface area contributed by atoms with Gasteiger partial charge in [-0.05, 0) is 62.6 Å². The fraction of sp³-hybridized carbons (Fsp3) is 0.217. The Kier molecular flexibility index (Phi) is 5.89. The molecule has 0 aliphatic carbocycles. The molecule has 158 valence electrons. The SMILES string of the molecule is Cc1ccc(C)c(-n2nnc(C(=O)Nc3nc(C)c(Cc4ccc(Cl)cc4)s3)c2C)c1. The van der Waals surface area contributed by atoms with Crippen LogP contribution in [0.25, 0.3) is 5.69 Å². The molecule has 0 saturated heterocycles. The van der Waals surface area contributed by atoms with Gasteiger partial charge in [0.25, 0.3) is 5.91 Å². The number of rotatable bonds is 5. The number of thiazole rings is 1. The summed E-state index contributed by atoms with van der Waals surface area (Å²) in [4.78, 5) is 18.5. The van der Waals surface area contributed by atoms with Crippen LogP contribution in [-0.2, 0) is 6.42 Å². The van der Waals surface area contributed by atoms with E-state index in [2.05, 4.69) is 20.6 Å². The molecule has 1 N–H and O–H groups in total. The predicted molar refractivity (Wildman–Crippen MR) is 125 cm³/mol. The van der Waals surface area contributed by atoms with Gasteiger partial charge in [-0.3, -0.25) is 10.1 Å². The summed E-state index contributed by atoms with van der Waals surface area (Å²) in [7, 11) is 0. The summed E-state index contributed by atoms with van der Waals surface area (Å²) in [5, 5.41) is 12.5. The third-order valence-corrected chi connectivity index (χ3v) is 6.42. The van der Waals surface area contributed by atoms with Gasteiger partial charge in [0.15, 0.2) is 10.8 Å². The summed E-state index contributed by atoms with van der Waals surface area (Å²) in [5.74, 6) is -0.319. The third kappa shape index (κ3) is 4.52. The van der Waals surface area contributed by atoms with E-state index in [0.29, 0.717) is 15.8 Å². The van der Waals surface area contributed by atoms with Crippen LogP contribution in [0.4, 0.5) is 5.13 Å². The molecule has 31 heavy (non-hydrogen) atoms. The van der Waals surface area contributed by atoms with Crippen molar-refractivity contribution in [1.29, 1.82) is 0 Å². The first kappa shape index (κ1) is 21.2. The molecule has 4 aromatic rings. The summed E-state index contributed by atoms with van der Waals surface area (Å²) in [6.45, 7) is 7.82. The van der Waals surface area contributed by atoms with Gasteiger partial charge in [-0.15, -0.1) is 16.4 Å². The van der Waals surface area contributed by atoms with Gasteiger partial charge >= 0.3 is 0 Å². The Hall–Kier alpha value is -3.03. The van der Waals surface area contributed by atoms with Crippen molar-refractivity contribution in [1.82, 2.24) is 20.0 Å². The highest BCUT2D eigenvalue weighted by molar-refractivity contribution is 7.15. The lowest BCUT2D eigenvalue weighted by Gasteiger charge is -2.08. The Bertz CT molecular complexity index is 1260. The average molecular weight is 452 g/mol. The molecular formula is C23H22ClN5OS. The Morgan fingerprint density at radius 3 is 2.58 bits per heavy atom. The van der Waals surface area contributed by atoms with Crippen molar-refractivity contribution in [2.45, 2.75) is 34.1 Å². The highest BCUT2D eigenvalue weighted by Gasteiger charge is 2.20. The second kappa shape index (κ2) is 8.61. The van der Waals surface area contributed by atoms with Crippen LogP contribution in [0.3, 0.4) is 0 Å². The number of aryl methyl sites for hydroxylation is 3. The molecule has 1 amide bonds. The number of hydrogen-bond donors (Lipinski definition) is 1. The Morgan fingerprint density at radius 2 is 1.84 bits per heavy atom. The van der Waals surface area contributed by atoms with Crippen molar-refractivity contribution < 1.29 is 4.79 Å². The minimum absolute atomic E-state index is 0.285. The summed E-state index contributed by atoms with van der Waals surface area (Å²) < 4.78 is 1.70. The van der Waals surface area contributed by atoms with Gasteiger partial charge in [-0.1, -0.05) is 41.1 Å². The van der Waals surface area contributed by atoms with E-state index in [9.17, 15) is 4.79 Å². The van der Waals surface area contributed by atoms with E-state index in [4.69, 9.17) is 11.6 Å². The van der Waals surface area contributed by atoms with Crippen LogP contribution in [-0.4, -0.2) is 25.9 Å². The zero-order valence-corrected chi connectivity index (χ0v) is 19.3. The monoisotopic (exact) mass is 451 g/mol. The van der Waals surface area contributed by atoms with Gasteiger partial charge in [-0.2, -0.15) is 0 Å². The fourth-order valence-electron chi connectivity index (χ4n) is 3.30. The van der Waals surface area contributed by atoms with E-state index in [1.165, 1.54) is 11.3 Å². The van der Waals surface area contributed by atoms with Crippen molar-refractivity contribution in [3.63, 3.8) is 0 Å². The molecule has 4 rings (SSSR count). The lowest BCUT2D eigenvalue weighted by molar-refractivity contribution is 0.102. The molecule has 0 fully saturated rings. The Labute approximate surface area is 189 Å². The number of amides is 1. The second-order valence-electron chi connectivity index (χ2n) is 7.51. The Morgan fingerprint density at radius 1 is 1.10 bits per heavy atom. The summed E-state index contributed by atoms with van der Waals surface area (Å²) in [5.41, 5.74) is 6.10. The molecule has 0 radical (unpaired) electrons. The van der Waals surface area contributed by atoms with E-state index in [0.717, 1.165) is 39.4 Å². The zero-order chi connectivity index (χ0) is 22.1. The van der Waals surface area contributed by atoms with Crippen molar-refractivity contribution in [3.8, 4) is 5.69 Å². The summed E-state index contributed by atoms with van der Waals surface area (Å²) in [6.07, 6.45) is 0.735. The number of anilines is 1. The smallest absolute Gasteiger partial charge is 0.279 e. The van der Waals surface area contributed by atoms with Gasteiger partial charge < -0.3 is 0 Å². The highest BCUT2D eigenvalue weighted by Crippen LogP contribution is 2.26. The van der Waals surface area contributed by atoms with E-state index in [-0.39, 0.29) is 11.6 Å². The van der Waals surface area contributed by atoms with E-state index >= 15 is 0 Å². The molecule has 0 bridgehead atoms. The highest BCUT2D eigenvalue weighted by atomic mass is 35.5. The largest absolute Gasteiger partial charge is 0.296 e. The maximum Gasteiger partial charge on any atom is 0.279 e. The van der Waals surface area contributed by atoms with Crippen LogP contribution < -0.4 is 5.32 Å². The van der Waals surface area contributed by atoms with Crippen LogP contribution in [0.2, 0.25) is 5.02 Å². The minimum Gasteiger partial charge on any atom is -0.296 e. The van der Waals surface area contributed by atoms with Gasteiger partial charge in [0, 0.05) is 16.3 Å². The van der Waals surface area contributed by atoms with Crippen molar-refractivity contribution >= 4 is 34.0 Å². The number of nitrogens with zero attached hydrogens (tertiary/aromatic N) is 4. The third-order valence-electron chi connectivity index (χ3n) is 5.09. The van der Waals surface area contributed by atoms with Crippen LogP contribution in [0.15, 0.2) is 42.5 Å². The van der Waals surface area contributed by atoms with Crippen LogP contribution in [0, 0.1) is 27.7 Å². The second-order valence-corrected chi connectivity index (χ2v) is 9.03. The maximum atomic E-state index is 12.9. The van der Waals surface area contributed by atoms with Gasteiger partial charge in [0.05, 0.1) is 17.1 Å². The normalized spacial score (nSPS) is 11.0. The first-order valence-electron chi connectivity index (χ1n) is 9.84. The van der Waals surface area contributed by atoms with Crippen molar-refractivity contribution in [2.75, 3.05) is 5.32 Å². The molecule has 8 heteroatoms. The molecule has 0 aliphatic rings. The molecule has 6 nitrogen and oxygen atoms in total. The molecule has 0 saturated carbocycles. The van der Waals surface area contributed by atoms with Crippen molar-refractivity contribution in [2.24, 2.45) is 0 Å². The molecule has 2 aromatic heterocycles. The Balaban J connectivity index is 1.53. The molecule has 0 unspecified atom stereocenters. The number of hydrogen-bond acceptors (Lipinski definition) is 5. The molecule has 0 aliphatic heterocycles. The molecule has 0 atom stereocenters. The van der Waals surface area contributed by atoms with Gasteiger partial charge in [-0.25, -0.2) is 9.67 Å². The quantitative estimate of drug-likeness (QED) is 0.437. The summed E-state index contributed by atoms with van der Waals surface area (Å²) in [6, 6.07) is 13.8. The van der Waals surface area contributed by atoms with Crippen LogP contribution in [0.5, 0.6) is 0 Å². The first-order valence-corrected chi connectivity index (χ1v) is 11.0. The van der Waals surface area contributed by atoms with Crippen LogP contribution in [0.1, 0.15) is 43.4 Å². The van der Waals surface area contributed by atoms with Gasteiger partial charge in [0.1, 0.15) is 0 Å². The van der Waals surface area contributed by atoms with E-state index in [1.807, 2.05) is 70.2 Å². The number of carbonyl (C=O) groups excluding carboxylic acids is 1. The number of benzene rings is 2. The van der Waals surface area contributed by atoms with Gasteiger partial charge in [0.2, 0.25) is 0 Å². The number of nitrogens with one attached hydrogen (secondary N) is 1. The van der Waals surface area contributed by atoms with Crippen LogP contribution >= 0.6 is 22.9 Å². The standard InChI is InChI=1S/C23H22ClN5OS/c1-13-5-6-14(2)19(11-13)29-16(4)21(27-28-29)22(30)26-23-25-15(3)20(31-23)12-17-7-9-18(24)10-8-17/h5-11H,12H2,1-4H3,(H,25,26,30). The number of halogens is 1. The fourth-order valence-corrected chi connectivity index (χ4v) is 4.42. The first-order chi connectivity index (χ1) is 14.8. The minimum atomic E-state index is -0.319. The molecule has 2 heterocycles. The zero-order valence-electron chi connectivity index (χ0n) is 17.7. The topological polar surface area (TPSA) is 72.7 Å². The predicted octanol–water partition coefficient (Wildman–Crippen LogP) is 5.45. The van der Waals surface area contributed by atoms with E-state index < -0.39 is 0 Å². The lowest BCUT2D eigenvalue weighted by atomic mass is 10.1. The van der Waals surface area contributed by atoms with E-state index in [1.54, 1.807) is 4.68 Å². The van der Waals surface area contributed by atoms with Crippen molar-refractivity contribution in [3.05, 3.63) is 86.1 Å². The summed E-state index contributed by atoms with van der Waals surface area (Å²) >= 11 is 7.43. The number of aromatic nitrogens is 4. The molecule has 0 spiro atoms. The molecular weight excluding hydrogens is 430 g/mol. The lowest BCUT2D eigenvalue weighted by Crippen LogP contribution is -2.14. The number of carbonyl (C=O) groups is 1.